The van der Waals surface area contributed by atoms with E-state index in [1.807, 2.05) is 32.0 Å². The quantitative estimate of drug-likeness (QED) is 0.689. The Morgan fingerprint density at radius 2 is 2.00 bits per heavy atom. The summed E-state index contributed by atoms with van der Waals surface area (Å²) in [6.07, 6.45) is 0.0684. The second-order valence-electron chi connectivity index (χ2n) is 6.49. The van der Waals surface area contributed by atoms with Crippen molar-refractivity contribution in [3.8, 4) is 5.75 Å². The lowest BCUT2D eigenvalue weighted by Crippen LogP contribution is -2.40. The molecule has 0 bridgehead atoms. The lowest BCUT2D eigenvalue weighted by molar-refractivity contribution is 0.0352. The fourth-order valence-corrected chi connectivity index (χ4v) is 2.65. The van der Waals surface area contributed by atoms with Gasteiger partial charge < -0.3 is 20.3 Å². The molecule has 0 radical (unpaired) electrons. The molecule has 120 valence electrons. The van der Waals surface area contributed by atoms with Gasteiger partial charge in [0.15, 0.2) is 0 Å². The van der Waals surface area contributed by atoms with E-state index in [1.54, 1.807) is 7.11 Å². The summed E-state index contributed by atoms with van der Waals surface area (Å²) in [7, 11) is 1.60. The van der Waals surface area contributed by atoms with Crippen molar-refractivity contribution in [3.63, 3.8) is 0 Å². The first kappa shape index (κ1) is 18.0. The van der Waals surface area contributed by atoms with Gasteiger partial charge >= 0.3 is 0 Å². The van der Waals surface area contributed by atoms with Crippen LogP contribution >= 0.6 is 0 Å². The average Bonchev–Trinajstić information content (AvgIpc) is 2.36. The summed E-state index contributed by atoms with van der Waals surface area (Å²) in [4.78, 5) is 0. The number of nitrogens with one attached hydrogen (secondary N) is 1. The molecule has 1 aromatic carbocycles. The van der Waals surface area contributed by atoms with Crippen molar-refractivity contribution < 1.29 is 14.9 Å². The van der Waals surface area contributed by atoms with Crippen LogP contribution < -0.4 is 10.1 Å². The number of aliphatic hydroxyl groups excluding tert-OH is 1. The zero-order valence-corrected chi connectivity index (χ0v) is 13.8. The smallest absolute Gasteiger partial charge is 0.124 e. The summed E-state index contributed by atoms with van der Waals surface area (Å²) in [5.41, 5.74) is 1.09. The van der Waals surface area contributed by atoms with Crippen LogP contribution in [-0.4, -0.2) is 36.0 Å². The van der Waals surface area contributed by atoms with Crippen LogP contribution in [0.4, 0.5) is 0 Å². The molecule has 21 heavy (non-hydrogen) atoms. The standard InChI is InChI=1S/C17H29NO3/c1-12(2)9-17(4,20)11-18-10-15(19)14-8-13(3)6-7-16(14)21-5/h6-8,12,15,18-20H,9-11H2,1-5H3. The first-order chi connectivity index (χ1) is 9.75. The molecule has 0 saturated heterocycles. The van der Waals surface area contributed by atoms with E-state index in [0.29, 0.717) is 24.8 Å². The first-order valence-corrected chi connectivity index (χ1v) is 7.51. The summed E-state index contributed by atoms with van der Waals surface area (Å²) in [6, 6.07) is 5.75. The van der Waals surface area contributed by atoms with Gasteiger partial charge in [-0.3, -0.25) is 0 Å². The summed E-state index contributed by atoms with van der Waals surface area (Å²) in [6.45, 7) is 8.81. The topological polar surface area (TPSA) is 61.7 Å². The molecule has 0 heterocycles. The molecule has 4 heteroatoms. The highest BCUT2D eigenvalue weighted by Gasteiger charge is 2.22. The summed E-state index contributed by atoms with van der Waals surface area (Å²) in [5, 5.41) is 23.7. The molecule has 0 fully saturated rings. The van der Waals surface area contributed by atoms with Crippen molar-refractivity contribution >= 4 is 0 Å². The van der Waals surface area contributed by atoms with Gasteiger partial charge in [-0.05, 0) is 38.3 Å². The van der Waals surface area contributed by atoms with E-state index >= 15 is 0 Å². The van der Waals surface area contributed by atoms with Gasteiger partial charge in [0, 0.05) is 18.7 Å². The molecular weight excluding hydrogens is 266 g/mol. The Morgan fingerprint density at radius 3 is 2.57 bits per heavy atom. The van der Waals surface area contributed by atoms with Crippen molar-refractivity contribution in [1.29, 1.82) is 0 Å². The first-order valence-electron chi connectivity index (χ1n) is 7.51. The zero-order valence-electron chi connectivity index (χ0n) is 13.8. The van der Waals surface area contributed by atoms with Crippen molar-refractivity contribution in [2.75, 3.05) is 20.2 Å². The van der Waals surface area contributed by atoms with E-state index < -0.39 is 11.7 Å². The predicted octanol–water partition coefficient (Wildman–Crippen LogP) is 2.42. The Kier molecular flexibility index (Phi) is 6.65. The van der Waals surface area contributed by atoms with E-state index in [1.165, 1.54) is 0 Å². The van der Waals surface area contributed by atoms with E-state index in [2.05, 4.69) is 19.2 Å². The summed E-state index contributed by atoms with van der Waals surface area (Å²) >= 11 is 0. The van der Waals surface area contributed by atoms with Crippen LogP contribution in [0.25, 0.3) is 0 Å². The highest BCUT2D eigenvalue weighted by atomic mass is 16.5. The van der Waals surface area contributed by atoms with Crippen LogP contribution in [0.3, 0.4) is 0 Å². The van der Waals surface area contributed by atoms with E-state index in [-0.39, 0.29) is 0 Å². The monoisotopic (exact) mass is 295 g/mol. The minimum Gasteiger partial charge on any atom is -0.496 e. The largest absolute Gasteiger partial charge is 0.496 e. The highest BCUT2D eigenvalue weighted by molar-refractivity contribution is 5.38. The summed E-state index contributed by atoms with van der Waals surface area (Å²) < 4.78 is 5.28. The number of hydrogen-bond donors (Lipinski definition) is 3. The Balaban J connectivity index is 2.58. The maximum absolute atomic E-state index is 10.3. The average molecular weight is 295 g/mol. The van der Waals surface area contributed by atoms with Crippen LogP contribution in [0.15, 0.2) is 18.2 Å². The molecule has 0 aliphatic rings. The molecule has 0 aliphatic heterocycles. The van der Waals surface area contributed by atoms with Gasteiger partial charge in [-0.15, -0.1) is 0 Å². The minimum atomic E-state index is -0.759. The number of ether oxygens (including phenoxy) is 1. The maximum Gasteiger partial charge on any atom is 0.124 e. The fourth-order valence-electron chi connectivity index (χ4n) is 2.65. The molecule has 1 aromatic rings. The SMILES string of the molecule is COc1ccc(C)cc1C(O)CNCC(C)(O)CC(C)C. The molecular formula is C17H29NO3. The number of rotatable bonds is 8. The lowest BCUT2D eigenvalue weighted by atomic mass is 9.94. The molecule has 2 unspecified atom stereocenters. The molecule has 0 aromatic heterocycles. The van der Waals surface area contributed by atoms with Crippen LogP contribution in [0.1, 0.15) is 44.4 Å². The molecule has 0 saturated carbocycles. The third-order valence-electron chi connectivity index (χ3n) is 3.44. The Labute approximate surface area is 128 Å². The van der Waals surface area contributed by atoms with Crippen molar-refractivity contribution in [2.24, 2.45) is 5.92 Å². The number of benzene rings is 1. The van der Waals surface area contributed by atoms with E-state index in [9.17, 15) is 10.2 Å². The maximum atomic E-state index is 10.3. The lowest BCUT2D eigenvalue weighted by Gasteiger charge is -2.26. The van der Waals surface area contributed by atoms with Crippen LogP contribution in [-0.2, 0) is 0 Å². The highest BCUT2D eigenvalue weighted by Crippen LogP contribution is 2.26. The normalized spacial score (nSPS) is 15.8. The van der Waals surface area contributed by atoms with Gasteiger partial charge in [-0.25, -0.2) is 0 Å². The van der Waals surface area contributed by atoms with Crippen molar-refractivity contribution in [2.45, 2.75) is 45.8 Å². The fraction of sp³-hybridized carbons (Fsp3) is 0.647. The van der Waals surface area contributed by atoms with Gasteiger partial charge in [0.25, 0.3) is 0 Å². The third kappa shape index (κ3) is 6.04. The second kappa shape index (κ2) is 7.78. The van der Waals surface area contributed by atoms with Gasteiger partial charge in [-0.2, -0.15) is 0 Å². The Morgan fingerprint density at radius 1 is 1.33 bits per heavy atom. The van der Waals surface area contributed by atoms with Crippen LogP contribution in [0.2, 0.25) is 0 Å². The minimum absolute atomic E-state index is 0.383. The molecule has 1 rings (SSSR count). The van der Waals surface area contributed by atoms with E-state index in [0.717, 1.165) is 17.5 Å². The second-order valence-corrected chi connectivity index (χ2v) is 6.49. The Bertz CT molecular complexity index is 444. The van der Waals surface area contributed by atoms with Gasteiger partial charge in [0.05, 0.1) is 18.8 Å². The molecule has 3 N–H and O–H groups in total. The number of aliphatic hydroxyl groups is 2. The molecule has 2 atom stereocenters. The predicted molar refractivity (Wildman–Crippen MR) is 85.6 cm³/mol. The Hall–Kier alpha value is -1.10. The van der Waals surface area contributed by atoms with Crippen molar-refractivity contribution in [3.05, 3.63) is 29.3 Å². The number of hydrogen-bond acceptors (Lipinski definition) is 4. The number of aryl methyl sites for hydroxylation is 1. The number of methoxy groups -OCH3 is 1. The van der Waals surface area contributed by atoms with Gasteiger partial charge in [0.2, 0.25) is 0 Å². The van der Waals surface area contributed by atoms with Crippen molar-refractivity contribution in [1.82, 2.24) is 5.32 Å². The summed E-state index contributed by atoms with van der Waals surface area (Å²) in [5.74, 6) is 1.12. The van der Waals surface area contributed by atoms with Crippen LogP contribution in [0.5, 0.6) is 5.75 Å². The molecule has 4 nitrogen and oxygen atoms in total. The van der Waals surface area contributed by atoms with Gasteiger partial charge in [0.1, 0.15) is 5.75 Å². The van der Waals surface area contributed by atoms with Gasteiger partial charge in [-0.1, -0.05) is 25.5 Å². The zero-order chi connectivity index (χ0) is 16.0. The molecule has 0 amide bonds. The molecule has 0 aliphatic carbocycles. The van der Waals surface area contributed by atoms with E-state index in [4.69, 9.17) is 4.74 Å². The third-order valence-corrected chi connectivity index (χ3v) is 3.44. The molecule has 0 spiro atoms. The van der Waals surface area contributed by atoms with Crippen LogP contribution in [0, 0.1) is 12.8 Å².